The topological polar surface area (TPSA) is 72.9 Å². The lowest BCUT2D eigenvalue weighted by Gasteiger charge is -2.10. The summed E-state index contributed by atoms with van der Waals surface area (Å²) in [7, 11) is 1.67. The van der Waals surface area contributed by atoms with Crippen molar-refractivity contribution >= 4 is 33.9 Å². The fourth-order valence-electron chi connectivity index (χ4n) is 2.61. The number of hydrogen-bond acceptors (Lipinski definition) is 3. The summed E-state index contributed by atoms with van der Waals surface area (Å²) in [6.07, 6.45) is 2.85. The molecule has 25 heavy (non-hydrogen) atoms. The molecule has 0 aliphatic carbocycles. The van der Waals surface area contributed by atoms with Gasteiger partial charge in [-0.3, -0.25) is 0 Å². The van der Waals surface area contributed by atoms with Crippen molar-refractivity contribution in [3.8, 4) is 11.8 Å². The van der Waals surface area contributed by atoms with Crippen LogP contribution in [-0.2, 0) is 6.42 Å². The Morgan fingerprint density at radius 2 is 2.04 bits per heavy atom. The van der Waals surface area contributed by atoms with Crippen molar-refractivity contribution in [3.63, 3.8) is 0 Å². The van der Waals surface area contributed by atoms with Gasteiger partial charge in [0.05, 0.1) is 18.7 Å². The summed E-state index contributed by atoms with van der Waals surface area (Å²) in [6.45, 7) is 0.715. The van der Waals surface area contributed by atoms with Crippen molar-refractivity contribution < 1.29 is 4.74 Å². The number of nitrogens with zero attached hydrogens (tertiary/aromatic N) is 1. The molecule has 0 bridgehead atoms. The normalized spacial score (nSPS) is 10.2. The van der Waals surface area contributed by atoms with Crippen LogP contribution in [0.5, 0.6) is 5.75 Å². The quantitative estimate of drug-likeness (QED) is 0.614. The monoisotopic (exact) mass is 350 g/mol. The number of benzene rings is 2. The molecule has 3 aromatic rings. The van der Waals surface area contributed by atoms with E-state index in [1.165, 1.54) is 5.56 Å². The highest BCUT2D eigenvalue weighted by Crippen LogP contribution is 2.23. The fraction of sp³-hybridized carbons (Fsp3) is 0.158. The number of thiocarbonyl (C=S) groups is 1. The summed E-state index contributed by atoms with van der Waals surface area (Å²) < 4.78 is 5.29. The molecule has 2 aromatic carbocycles. The van der Waals surface area contributed by atoms with Gasteiger partial charge in [0.25, 0.3) is 0 Å². The zero-order valence-corrected chi connectivity index (χ0v) is 14.6. The minimum atomic E-state index is 0.558. The zero-order chi connectivity index (χ0) is 17.6. The molecule has 0 unspecified atom stereocenters. The largest absolute Gasteiger partial charge is 0.497 e. The first-order valence-electron chi connectivity index (χ1n) is 7.88. The number of aromatic amines is 1. The lowest BCUT2D eigenvalue weighted by molar-refractivity contribution is 0.415. The molecule has 6 heteroatoms. The average Bonchev–Trinajstić information content (AvgIpc) is 3.04. The highest BCUT2D eigenvalue weighted by Gasteiger charge is 2.05. The summed E-state index contributed by atoms with van der Waals surface area (Å²) in [5.41, 5.74) is 3.78. The van der Waals surface area contributed by atoms with Crippen molar-refractivity contribution in [1.82, 2.24) is 10.3 Å². The summed E-state index contributed by atoms with van der Waals surface area (Å²) in [6, 6.07) is 15.3. The lowest BCUT2D eigenvalue weighted by Crippen LogP contribution is -2.30. The molecule has 126 valence electrons. The molecule has 1 heterocycles. The van der Waals surface area contributed by atoms with Crippen LogP contribution in [0.2, 0.25) is 0 Å². The number of nitriles is 1. The van der Waals surface area contributed by atoms with Crippen LogP contribution < -0.4 is 15.4 Å². The van der Waals surface area contributed by atoms with Crippen molar-refractivity contribution in [2.45, 2.75) is 6.42 Å². The van der Waals surface area contributed by atoms with Crippen molar-refractivity contribution in [2.24, 2.45) is 0 Å². The van der Waals surface area contributed by atoms with Gasteiger partial charge in [0.2, 0.25) is 0 Å². The second-order valence-corrected chi connectivity index (χ2v) is 5.95. The third-order valence-electron chi connectivity index (χ3n) is 3.93. The number of H-pyrrole nitrogens is 1. The summed E-state index contributed by atoms with van der Waals surface area (Å²) in [5.74, 6) is 0.847. The molecule has 0 fully saturated rings. The maximum absolute atomic E-state index is 8.81. The minimum absolute atomic E-state index is 0.558. The first kappa shape index (κ1) is 16.8. The maximum atomic E-state index is 8.81. The van der Waals surface area contributed by atoms with E-state index >= 15 is 0 Å². The second kappa shape index (κ2) is 7.69. The van der Waals surface area contributed by atoms with Gasteiger partial charge in [-0.1, -0.05) is 0 Å². The van der Waals surface area contributed by atoms with Gasteiger partial charge < -0.3 is 20.4 Å². The number of aromatic nitrogens is 1. The van der Waals surface area contributed by atoms with Gasteiger partial charge >= 0.3 is 0 Å². The Morgan fingerprint density at radius 1 is 1.24 bits per heavy atom. The third kappa shape index (κ3) is 4.08. The molecule has 5 nitrogen and oxygen atoms in total. The Labute approximate surface area is 151 Å². The number of fused-ring (bicyclic) bond motifs is 1. The van der Waals surface area contributed by atoms with Crippen molar-refractivity contribution in [3.05, 3.63) is 59.8 Å². The summed E-state index contributed by atoms with van der Waals surface area (Å²) >= 11 is 5.31. The predicted molar refractivity (Wildman–Crippen MR) is 104 cm³/mol. The lowest BCUT2D eigenvalue weighted by atomic mass is 10.1. The standard InChI is InChI=1S/C19H18N4OS/c1-24-16-6-7-18-17(10-16)14(12-22-18)8-9-21-19(25)23-15-4-2-13(11-20)3-5-15/h2-7,10,12,22H,8-9H2,1H3,(H2,21,23,25). The van der Waals surface area contributed by atoms with E-state index in [-0.39, 0.29) is 0 Å². The highest BCUT2D eigenvalue weighted by molar-refractivity contribution is 7.80. The van der Waals surface area contributed by atoms with Crippen molar-refractivity contribution in [2.75, 3.05) is 19.0 Å². The molecule has 0 aliphatic rings. The van der Waals surface area contributed by atoms with E-state index in [1.807, 2.05) is 36.5 Å². The fourth-order valence-corrected chi connectivity index (χ4v) is 2.83. The zero-order valence-electron chi connectivity index (χ0n) is 13.8. The minimum Gasteiger partial charge on any atom is -0.497 e. The van der Waals surface area contributed by atoms with Gasteiger partial charge in [-0.15, -0.1) is 0 Å². The van der Waals surface area contributed by atoms with E-state index in [2.05, 4.69) is 21.7 Å². The van der Waals surface area contributed by atoms with E-state index in [0.29, 0.717) is 17.2 Å². The molecule has 0 saturated carbocycles. The van der Waals surface area contributed by atoms with Gasteiger partial charge in [0.15, 0.2) is 5.11 Å². The van der Waals surface area contributed by atoms with Gasteiger partial charge in [0, 0.05) is 29.3 Å². The smallest absolute Gasteiger partial charge is 0.170 e. The molecule has 0 radical (unpaired) electrons. The van der Waals surface area contributed by atoms with E-state index in [9.17, 15) is 0 Å². The number of rotatable bonds is 5. The van der Waals surface area contributed by atoms with Gasteiger partial charge in [-0.25, -0.2) is 0 Å². The molecule has 0 aliphatic heterocycles. The van der Waals surface area contributed by atoms with Crippen LogP contribution in [0.3, 0.4) is 0 Å². The van der Waals surface area contributed by atoms with Gasteiger partial charge in [-0.2, -0.15) is 5.26 Å². The average molecular weight is 350 g/mol. The third-order valence-corrected chi connectivity index (χ3v) is 4.17. The number of hydrogen-bond donors (Lipinski definition) is 3. The van der Waals surface area contributed by atoms with Crippen LogP contribution in [0, 0.1) is 11.3 Å². The van der Waals surface area contributed by atoms with Crippen molar-refractivity contribution in [1.29, 1.82) is 5.26 Å². The van der Waals surface area contributed by atoms with Crippen LogP contribution in [0.15, 0.2) is 48.7 Å². The Morgan fingerprint density at radius 3 is 2.76 bits per heavy atom. The molecule has 3 N–H and O–H groups in total. The highest BCUT2D eigenvalue weighted by atomic mass is 32.1. The number of methoxy groups -OCH3 is 1. The molecule has 0 saturated heterocycles. The SMILES string of the molecule is COc1ccc2[nH]cc(CCNC(=S)Nc3ccc(C#N)cc3)c2c1. The maximum Gasteiger partial charge on any atom is 0.170 e. The first-order chi connectivity index (χ1) is 12.2. The Balaban J connectivity index is 1.55. The van der Waals surface area contributed by atoms with Crippen LogP contribution in [0.4, 0.5) is 5.69 Å². The first-order valence-corrected chi connectivity index (χ1v) is 8.29. The molecule has 0 amide bonds. The summed E-state index contributed by atoms with van der Waals surface area (Å²) in [4.78, 5) is 3.27. The number of nitrogens with one attached hydrogen (secondary N) is 3. The molecular formula is C19H18N4OS. The second-order valence-electron chi connectivity index (χ2n) is 5.55. The van der Waals surface area contributed by atoms with Gasteiger partial charge in [-0.05, 0) is 66.7 Å². The Kier molecular flexibility index (Phi) is 5.17. The van der Waals surface area contributed by atoms with E-state index < -0.39 is 0 Å². The van der Waals surface area contributed by atoms with Crippen LogP contribution in [0.25, 0.3) is 10.9 Å². The van der Waals surface area contributed by atoms with Crippen LogP contribution in [0.1, 0.15) is 11.1 Å². The van der Waals surface area contributed by atoms with Gasteiger partial charge in [0.1, 0.15) is 5.75 Å². The van der Waals surface area contributed by atoms with Crippen LogP contribution in [-0.4, -0.2) is 23.8 Å². The molecule has 3 rings (SSSR count). The van der Waals surface area contributed by atoms with E-state index in [1.54, 1.807) is 19.2 Å². The predicted octanol–water partition coefficient (Wildman–Crippen LogP) is 3.58. The molecule has 0 spiro atoms. The molecule has 1 aromatic heterocycles. The molecule has 0 atom stereocenters. The number of ether oxygens (including phenoxy) is 1. The van der Waals surface area contributed by atoms with E-state index in [4.69, 9.17) is 22.2 Å². The van der Waals surface area contributed by atoms with E-state index in [0.717, 1.165) is 28.8 Å². The Bertz CT molecular complexity index is 925. The summed E-state index contributed by atoms with van der Waals surface area (Å²) in [5, 5.41) is 16.8. The number of anilines is 1. The molecular weight excluding hydrogens is 332 g/mol. The Hall–Kier alpha value is -3.04. The van der Waals surface area contributed by atoms with Crippen LogP contribution >= 0.6 is 12.2 Å².